The predicted molar refractivity (Wildman–Crippen MR) is 89.9 cm³/mol. The van der Waals surface area contributed by atoms with E-state index in [1.54, 1.807) is 31.2 Å². The summed E-state index contributed by atoms with van der Waals surface area (Å²) >= 11 is 5.94. The van der Waals surface area contributed by atoms with Gasteiger partial charge in [0.2, 0.25) is 0 Å². The van der Waals surface area contributed by atoms with Gasteiger partial charge < -0.3 is 14.9 Å². The maximum atomic E-state index is 12.4. The molecule has 2 N–H and O–H groups in total. The third kappa shape index (κ3) is 4.14. The number of nitrogens with zero attached hydrogens (tertiary/aromatic N) is 1. The van der Waals surface area contributed by atoms with E-state index in [9.17, 15) is 9.59 Å². The second kappa shape index (κ2) is 7.05. The first kappa shape index (κ1) is 18.0. The second-order valence-electron chi connectivity index (χ2n) is 6.18. The topological polar surface area (TPSA) is 92.4 Å². The van der Waals surface area contributed by atoms with Gasteiger partial charge in [-0.3, -0.25) is 9.59 Å². The Bertz CT molecular complexity index is 757. The zero-order valence-corrected chi connectivity index (χ0v) is 14.4. The van der Waals surface area contributed by atoms with Crippen LogP contribution in [0.2, 0.25) is 5.02 Å². The first-order chi connectivity index (χ1) is 11.2. The number of hydrogen-bond acceptors (Lipinski definition) is 4. The molecule has 0 aliphatic carbocycles. The van der Waals surface area contributed by atoms with Gasteiger partial charge in [0.1, 0.15) is 0 Å². The lowest BCUT2D eigenvalue weighted by Gasteiger charge is -2.33. The molecule has 1 unspecified atom stereocenters. The highest BCUT2D eigenvalue weighted by atomic mass is 35.5. The van der Waals surface area contributed by atoms with Crippen LogP contribution in [0.15, 0.2) is 34.9 Å². The molecule has 0 spiro atoms. The first-order valence-electron chi connectivity index (χ1n) is 7.48. The van der Waals surface area contributed by atoms with E-state index in [-0.39, 0.29) is 18.0 Å². The van der Waals surface area contributed by atoms with E-state index < -0.39 is 17.4 Å². The number of benzene rings is 1. The van der Waals surface area contributed by atoms with Crippen LogP contribution in [0.1, 0.15) is 37.7 Å². The number of amides is 1. The third-order valence-corrected chi connectivity index (χ3v) is 4.28. The van der Waals surface area contributed by atoms with Crippen LogP contribution in [-0.2, 0) is 4.79 Å². The van der Waals surface area contributed by atoms with Crippen molar-refractivity contribution in [2.75, 3.05) is 0 Å². The summed E-state index contributed by atoms with van der Waals surface area (Å²) in [5.41, 5.74) is -0.105. The van der Waals surface area contributed by atoms with Crippen molar-refractivity contribution in [2.24, 2.45) is 5.92 Å². The van der Waals surface area contributed by atoms with E-state index in [0.717, 1.165) is 0 Å². The number of rotatable bonds is 6. The SMILES string of the molecule is CC(C)C(C)(CC(=O)O)NC(=O)c1cc(-c2cccc(Cl)c2)on1. The monoisotopic (exact) mass is 350 g/mol. The quantitative estimate of drug-likeness (QED) is 0.830. The minimum absolute atomic E-state index is 0.0724. The van der Waals surface area contributed by atoms with Crippen molar-refractivity contribution in [2.45, 2.75) is 32.7 Å². The smallest absolute Gasteiger partial charge is 0.305 e. The van der Waals surface area contributed by atoms with Crippen molar-refractivity contribution in [3.8, 4) is 11.3 Å². The summed E-state index contributed by atoms with van der Waals surface area (Å²) in [6.07, 6.45) is -0.185. The molecule has 6 nitrogen and oxygen atoms in total. The van der Waals surface area contributed by atoms with Crippen molar-refractivity contribution >= 4 is 23.5 Å². The zero-order valence-electron chi connectivity index (χ0n) is 13.7. The normalized spacial score (nSPS) is 13.5. The molecular formula is C17H19ClN2O4. The number of nitrogens with one attached hydrogen (secondary N) is 1. The van der Waals surface area contributed by atoms with Gasteiger partial charge in [0, 0.05) is 16.7 Å². The molecule has 1 amide bonds. The lowest BCUT2D eigenvalue weighted by Crippen LogP contribution is -2.51. The minimum atomic E-state index is -0.980. The second-order valence-corrected chi connectivity index (χ2v) is 6.62. The summed E-state index contributed by atoms with van der Waals surface area (Å²) in [7, 11) is 0. The number of hydrogen-bond donors (Lipinski definition) is 2. The van der Waals surface area contributed by atoms with Gasteiger partial charge in [0.15, 0.2) is 11.5 Å². The van der Waals surface area contributed by atoms with Crippen LogP contribution in [0.5, 0.6) is 0 Å². The number of aliphatic carboxylic acids is 1. The summed E-state index contributed by atoms with van der Waals surface area (Å²) < 4.78 is 5.20. The van der Waals surface area contributed by atoms with E-state index >= 15 is 0 Å². The van der Waals surface area contributed by atoms with Crippen molar-refractivity contribution in [3.05, 3.63) is 41.0 Å². The Balaban J connectivity index is 2.20. The fourth-order valence-corrected chi connectivity index (χ4v) is 2.38. The minimum Gasteiger partial charge on any atom is -0.481 e. The maximum Gasteiger partial charge on any atom is 0.305 e. The number of carbonyl (C=O) groups is 2. The van der Waals surface area contributed by atoms with Gasteiger partial charge in [-0.1, -0.05) is 42.7 Å². The number of carboxylic acids is 1. The van der Waals surface area contributed by atoms with Crippen LogP contribution in [0.25, 0.3) is 11.3 Å². The Hall–Kier alpha value is -2.34. The summed E-state index contributed by atoms with van der Waals surface area (Å²) in [5, 5.41) is 16.1. The number of aromatic nitrogens is 1. The van der Waals surface area contributed by atoms with E-state index in [1.165, 1.54) is 6.07 Å². The Morgan fingerprint density at radius 2 is 2.08 bits per heavy atom. The Labute approximate surface area is 144 Å². The van der Waals surface area contributed by atoms with Gasteiger partial charge in [0.05, 0.1) is 12.0 Å². The standard InChI is InChI=1S/C17H19ClN2O4/c1-10(2)17(3,9-15(21)22)19-16(23)13-8-14(24-20-13)11-5-4-6-12(18)7-11/h4-8,10H,9H2,1-3H3,(H,19,23)(H,21,22). The molecule has 1 aromatic carbocycles. The molecule has 2 rings (SSSR count). The molecule has 1 aromatic heterocycles. The van der Waals surface area contributed by atoms with Crippen LogP contribution < -0.4 is 5.32 Å². The van der Waals surface area contributed by atoms with Crippen molar-refractivity contribution in [3.63, 3.8) is 0 Å². The number of carboxylic acid groups (broad SMARTS) is 1. The van der Waals surface area contributed by atoms with Crippen LogP contribution in [0.3, 0.4) is 0 Å². The van der Waals surface area contributed by atoms with Gasteiger partial charge in [-0.25, -0.2) is 0 Å². The molecule has 7 heteroatoms. The van der Waals surface area contributed by atoms with E-state index in [4.69, 9.17) is 21.2 Å². The van der Waals surface area contributed by atoms with Crippen molar-refractivity contribution in [1.82, 2.24) is 10.5 Å². The predicted octanol–water partition coefficient (Wildman–Crippen LogP) is 3.61. The van der Waals surface area contributed by atoms with Crippen LogP contribution >= 0.6 is 11.6 Å². The number of carbonyl (C=O) groups excluding carboxylic acids is 1. The van der Waals surface area contributed by atoms with Gasteiger partial charge in [-0.05, 0) is 25.0 Å². The average molecular weight is 351 g/mol. The van der Waals surface area contributed by atoms with Crippen LogP contribution in [-0.4, -0.2) is 27.7 Å². The van der Waals surface area contributed by atoms with E-state index in [0.29, 0.717) is 16.3 Å². The number of halogens is 1. The Morgan fingerprint density at radius 1 is 1.38 bits per heavy atom. The molecule has 0 saturated heterocycles. The lowest BCUT2D eigenvalue weighted by atomic mass is 9.85. The Morgan fingerprint density at radius 3 is 2.67 bits per heavy atom. The first-order valence-corrected chi connectivity index (χ1v) is 7.86. The summed E-state index contributed by atoms with van der Waals surface area (Å²) in [4.78, 5) is 23.5. The molecule has 2 aromatic rings. The van der Waals surface area contributed by atoms with E-state index in [2.05, 4.69) is 10.5 Å². The summed E-state index contributed by atoms with van der Waals surface area (Å²) in [5.74, 6) is -1.13. The maximum absolute atomic E-state index is 12.4. The molecule has 24 heavy (non-hydrogen) atoms. The molecule has 0 aliphatic rings. The highest BCUT2D eigenvalue weighted by Gasteiger charge is 2.33. The summed E-state index contributed by atoms with van der Waals surface area (Å²) in [6, 6.07) is 8.49. The largest absolute Gasteiger partial charge is 0.481 e. The molecule has 0 bridgehead atoms. The molecular weight excluding hydrogens is 332 g/mol. The lowest BCUT2D eigenvalue weighted by molar-refractivity contribution is -0.138. The molecule has 0 fully saturated rings. The molecule has 0 radical (unpaired) electrons. The molecule has 0 saturated carbocycles. The molecule has 1 atom stereocenters. The molecule has 128 valence electrons. The van der Waals surface area contributed by atoms with Crippen molar-refractivity contribution < 1.29 is 19.2 Å². The van der Waals surface area contributed by atoms with Crippen LogP contribution in [0, 0.1) is 5.92 Å². The zero-order chi connectivity index (χ0) is 17.9. The Kier molecular flexibility index (Phi) is 5.29. The highest BCUT2D eigenvalue weighted by molar-refractivity contribution is 6.30. The third-order valence-electron chi connectivity index (χ3n) is 4.04. The fourth-order valence-electron chi connectivity index (χ4n) is 2.19. The van der Waals surface area contributed by atoms with Gasteiger partial charge >= 0.3 is 5.97 Å². The molecule has 1 heterocycles. The average Bonchev–Trinajstić information content (AvgIpc) is 2.96. The highest BCUT2D eigenvalue weighted by Crippen LogP contribution is 2.25. The van der Waals surface area contributed by atoms with Crippen LogP contribution in [0.4, 0.5) is 0 Å². The van der Waals surface area contributed by atoms with Crippen molar-refractivity contribution in [1.29, 1.82) is 0 Å². The van der Waals surface area contributed by atoms with E-state index in [1.807, 2.05) is 13.8 Å². The molecule has 0 aliphatic heterocycles. The van der Waals surface area contributed by atoms with Gasteiger partial charge in [-0.2, -0.15) is 0 Å². The van der Waals surface area contributed by atoms with Gasteiger partial charge in [-0.15, -0.1) is 0 Å². The van der Waals surface area contributed by atoms with Gasteiger partial charge in [0.25, 0.3) is 5.91 Å². The fraction of sp³-hybridized carbons (Fsp3) is 0.353. The summed E-state index contributed by atoms with van der Waals surface area (Å²) in [6.45, 7) is 5.40.